The lowest BCUT2D eigenvalue weighted by atomic mass is 9.95. The van der Waals surface area contributed by atoms with Crippen LogP contribution in [0, 0.1) is 0 Å². The van der Waals surface area contributed by atoms with Crippen molar-refractivity contribution in [3.8, 4) is 22.4 Å². The molecule has 0 bridgehead atoms. The SMILES string of the molecule is CN(Cc1ccccc1)C(=O)c1c(-c2ccccc2)c(-c2ccccc2)n[nH]c1=O. The molecule has 30 heavy (non-hydrogen) atoms. The van der Waals surface area contributed by atoms with Gasteiger partial charge in [-0.1, -0.05) is 91.0 Å². The Morgan fingerprint density at radius 3 is 1.97 bits per heavy atom. The van der Waals surface area contributed by atoms with E-state index in [1.807, 2.05) is 91.0 Å². The lowest BCUT2D eigenvalue weighted by Gasteiger charge is -2.20. The van der Waals surface area contributed by atoms with E-state index in [0.29, 0.717) is 17.8 Å². The average molecular weight is 395 g/mol. The van der Waals surface area contributed by atoms with Crippen molar-refractivity contribution in [2.24, 2.45) is 0 Å². The fraction of sp³-hybridized carbons (Fsp3) is 0.0800. The zero-order valence-corrected chi connectivity index (χ0v) is 16.6. The van der Waals surface area contributed by atoms with E-state index in [4.69, 9.17) is 0 Å². The number of aromatic nitrogens is 2. The summed E-state index contributed by atoms with van der Waals surface area (Å²) in [5.74, 6) is -0.349. The normalized spacial score (nSPS) is 10.6. The van der Waals surface area contributed by atoms with Crippen LogP contribution in [0.4, 0.5) is 0 Å². The topological polar surface area (TPSA) is 66.1 Å². The van der Waals surface area contributed by atoms with Gasteiger partial charge in [0.1, 0.15) is 5.56 Å². The molecule has 0 aliphatic heterocycles. The zero-order valence-electron chi connectivity index (χ0n) is 16.6. The quantitative estimate of drug-likeness (QED) is 0.545. The summed E-state index contributed by atoms with van der Waals surface area (Å²) in [6.45, 7) is 0.399. The fourth-order valence-electron chi connectivity index (χ4n) is 3.47. The van der Waals surface area contributed by atoms with Crippen molar-refractivity contribution in [3.05, 3.63) is 112 Å². The molecule has 1 aromatic heterocycles. The number of nitrogens with one attached hydrogen (secondary N) is 1. The van der Waals surface area contributed by atoms with Crippen LogP contribution >= 0.6 is 0 Å². The van der Waals surface area contributed by atoms with Crippen molar-refractivity contribution in [2.45, 2.75) is 6.54 Å². The van der Waals surface area contributed by atoms with Crippen molar-refractivity contribution in [1.82, 2.24) is 15.1 Å². The molecule has 0 unspecified atom stereocenters. The molecule has 5 heteroatoms. The van der Waals surface area contributed by atoms with Crippen molar-refractivity contribution in [1.29, 1.82) is 0 Å². The van der Waals surface area contributed by atoms with Gasteiger partial charge in [-0.15, -0.1) is 0 Å². The maximum Gasteiger partial charge on any atom is 0.277 e. The van der Waals surface area contributed by atoms with Gasteiger partial charge >= 0.3 is 0 Å². The molecule has 4 rings (SSSR count). The van der Waals surface area contributed by atoms with Crippen molar-refractivity contribution >= 4 is 5.91 Å². The van der Waals surface area contributed by atoms with Gasteiger partial charge in [-0.2, -0.15) is 5.10 Å². The molecule has 1 N–H and O–H groups in total. The Kier molecular flexibility index (Phi) is 5.52. The summed E-state index contributed by atoms with van der Waals surface area (Å²) in [5, 5.41) is 6.83. The van der Waals surface area contributed by atoms with Gasteiger partial charge in [0.25, 0.3) is 11.5 Å². The molecular weight excluding hydrogens is 374 g/mol. The summed E-state index contributed by atoms with van der Waals surface area (Å²) < 4.78 is 0. The van der Waals surface area contributed by atoms with Gasteiger partial charge in [0, 0.05) is 24.7 Å². The summed E-state index contributed by atoms with van der Waals surface area (Å²) in [7, 11) is 1.70. The predicted molar refractivity (Wildman–Crippen MR) is 118 cm³/mol. The number of carbonyl (C=O) groups excluding carboxylic acids is 1. The van der Waals surface area contributed by atoms with E-state index in [0.717, 1.165) is 16.7 Å². The standard InChI is InChI=1S/C25H21N3O2/c1-28(17-18-11-5-2-6-12-18)25(30)22-21(19-13-7-3-8-14-19)23(26-27-24(22)29)20-15-9-4-10-16-20/h2-16H,17H2,1H3,(H,27,29). The minimum atomic E-state index is -0.501. The minimum absolute atomic E-state index is 0.0912. The first kappa shape index (κ1) is 19.3. The number of hydrogen-bond acceptors (Lipinski definition) is 3. The van der Waals surface area contributed by atoms with Crippen LogP contribution in [-0.4, -0.2) is 28.1 Å². The van der Waals surface area contributed by atoms with Crippen LogP contribution in [0.5, 0.6) is 0 Å². The Labute approximate surface area is 174 Å². The van der Waals surface area contributed by atoms with Gasteiger partial charge in [0.15, 0.2) is 0 Å². The third kappa shape index (κ3) is 3.91. The minimum Gasteiger partial charge on any atom is -0.337 e. The highest BCUT2D eigenvalue weighted by Crippen LogP contribution is 2.32. The maximum absolute atomic E-state index is 13.4. The number of nitrogens with zero attached hydrogens (tertiary/aromatic N) is 2. The molecule has 1 amide bonds. The van der Waals surface area contributed by atoms with Gasteiger partial charge in [-0.3, -0.25) is 9.59 Å². The lowest BCUT2D eigenvalue weighted by Crippen LogP contribution is -2.33. The van der Waals surface area contributed by atoms with Crippen LogP contribution in [0.25, 0.3) is 22.4 Å². The van der Waals surface area contributed by atoms with Gasteiger partial charge in [0.05, 0.1) is 5.69 Å². The molecule has 148 valence electrons. The molecule has 5 nitrogen and oxygen atoms in total. The lowest BCUT2D eigenvalue weighted by molar-refractivity contribution is 0.0784. The van der Waals surface area contributed by atoms with Crippen molar-refractivity contribution in [2.75, 3.05) is 7.05 Å². The largest absolute Gasteiger partial charge is 0.337 e. The molecule has 0 atom stereocenters. The summed E-state index contributed by atoms with van der Waals surface area (Å²) in [4.78, 5) is 27.8. The van der Waals surface area contributed by atoms with Crippen molar-refractivity contribution in [3.63, 3.8) is 0 Å². The van der Waals surface area contributed by atoms with Crippen LogP contribution in [0.3, 0.4) is 0 Å². The maximum atomic E-state index is 13.4. The smallest absolute Gasteiger partial charge is 0.277 e. The van der Waals surface area contributed by atoms with Crippen LogP contribution in [0.15, 0.2) is 95.8 Å². The van der Waals surface area contributed by atoms with Crippen LogP contribution in [0.1, 0.15) is 15.9 Å². The van der Waals surface area contributed by atoms with Gasteiger partial charge < -0.3 is 4.90 Å². The van der Waals surface area contributed by atoms with E-state index < -0.39 is 5.56 Å². The zero-order chi connectivity index (χ0) is 20.9. The number of hydrogen-bond donors (Lipinski definition) is 1. The molecule has 0 aliphatic rings. The molecule has 0 aliphatic carbocycles. The summed E-state index contributed by atoms with van der Waals surface area (Å²) in [5.41, 5.74) is 3.28. The van der Waals surface area contributed by atoms with Gasteiger partial charge in [0.2, 0.25) is 0 Å². The Morgan fingerprint density at radius 1 is 0.833 bits per heavy atom. The Hall–Kier alpha value is -3.99. The average Bonchev–Trinajstić information content (AvgIpc) is 2.80. The van der Waals surface area contributed by atoms with Crippen molar-refractivity contribution < 1.29 is 4.79 Å². The summed E-state index contributed by atoms with van der Waals surface area (Å²) in [6, 6.07) is 28.7. The van der Waals surface area contributed by atoms with E-state index in [1.165, 1.54) is 0 Å². The third-order valence-electron chi connectivity index (χ3n) is 4.92. The number of amides is 1. The number of carbonyl (C=O) groups is 1. The molecule has 0 spiro atoms. The first-order valence-electron chi connectivity index (χ1n) is 9.68. The second-order valence-corrected chi connectivity index (χ2v) is 7.03. The van der Waals surface area contributed by atoms with E-state index >= 15 is 0 Å². The van der Waals surface area contributed by atoms with Gasteiger partial charge in [-0.05, 0) is 11.1 Å². The Bertz CT molecular complexity index is 1200. The molecule has 0 saturated carbocycles. The molecule has 0 fully saturated rings. The van der Waals surface area contributed by atoms with E-state index in [-0.39, 0.29) is 11.5 Å². The molecule has 4 aromatic rings. The monoisotopic (exact) mass is 395 g/mol. The third-order valence-corrected chi connectivity index (χ3v) is 4.92. The highest BCUT2D eigenvalue weighted by atomic mass is 16.2. The highest BCUT2D eigenvalue weighted by Gasteiger charge is 2.25. The van der Waals surface area contributed by atoms with Crippen LogP contribution < -0.4 is 5.56 Å². The van der Waals surface area contributed by atoms with E-state index in [1.54, 1.807) is 11.9 Å². The molecule has 0 radical (unpaired) electrons. The summed E-state index contributed by atoms with van der Waals surface area (Å²) >= 11 is 0. The molecule has 3 aromatic carbocycles. The predicted octanol–water partition coefficient (Wildman–Crippen LogP) is 4.38. The highest BCUT2D eigenvalue weighted by molar-refractivity contribution is 6.03. The Morgan fingerprint density at radius 2 is 1.37 bits per heavy atom. The summed E-state index contributed by atoms with van der Waals surface area (Å²) in [6.07, 6.45) is 0. The first-order chi connectivity index (χ1) is 14.6. The fourth-order valence-corrected chi connectivity index (χ4v) is 3.47. The van der Waals surface area contributed by atoms with Gasteiger partial charge in [-0.25, -0.2) is 5.10 Å². The second kappa shape index (κ2) is 8.57. The first-order valence-corrected chi connectivity index (χ1v) is 9.68. The number of aromatic amines is 1. The second-order valence-electron chi connectivity index (χ2n) is 7.03. The molecule has 1 heterocycles. The molecule has 0 saturated heterocycles. The molecular formula is C25H21N3O2. The number of benzene rings is 3. The van der Waals surface area contributed by atoms with E-state index in [9.17, 15) is 9.59 Å². The van der Waals surface area contributed by atoms with Crippen LogP contribution in [0.2, 0.25) is 0 Å². The van der Waals surface area contributed by atoms with E-state index in [2.05, 4.69) is 10.2 Å². The van der Waals surface area contributed by atoms with Crippen LogP contribution in [-0.2, 0) is 6.54 Å². The number of H-pyrrole nitrogens is 1. The Balaban J connectivity index is 1.86. The number of rotatable bonds is 5.